The molecule has 158 valence electrons. The minimum Gasteiger partial charge on any atom is -0.462 e. The molecule has 1 amide bonds. The van der Waals surface area contributed by atoms with Crippen molar-refractivity contribution in [2.24, 2.45) is 0 Å². The molecule has 1 fully saturated rings. The van der Waals surface area contributed by atoms with E-state index in [-0.39, 0.29) is 24.3 Å². The number of hydrogen-bond donors (Lipinski definition) is 0. The topological polar surface area (TPSA) is 85.1 Å². The Hall–Kier alpha value is -2.48. The number of aromatic nitrogens is 1. The number of oxazole rings is 1. The minimum absolute atomic E-state index is 0.0501. The van der Waals surface area contributed by atoms with Gasteiger partial charge in [-0.1, -0.05) is 11.6 Å². The van der Waals surface area contributed by atoms with E-state index in [0.717, 1.165) is 0 Å². The number of hydrogen-bond acceptors (Lipinski definition) is 7. The van der Waals surface area contributed by atoms with Gasteiger partial charge in [-0.3, -0.25) is 0 Å². The zero-order chi connectivity index (χ0) is 21.3. The van der Waals surface area contributed by atoms with Crippen LogP contribution in [-0.2, 0) is 9.47 Å². The van der Waals surface area contributed by atoms with Crippen LogP contribution in [0.2, 0.25) is 5.02 Å². The number of halogens is 1. The summed E-state index contributed by atoms with van der Waals surface area (Å²) in [6, 6.07) is 3.49. The van der Waals surface area contributed by atoms with Crippen LogP contribution >= 0.6 is 11.6 Å². The van der Waals surface area contributed by atoms with Crippen molar-refractivity contribution in [2.75, 3.05) is 31.1 Å². The van der Waals surface area contributed by atoms with E-state index in [2.05, 4.69) is 4.98 Å². The number of ether oxygens (including phenoxy) is 2. The molecule has 1 atom stereocenters. The van der Waals surface area contributed by atoms with Crippen LogP contribution < -0.4 is 4.90 Å². The third-order valence-corrected chi connectivity index (χ3v) is 4.68. The Morgan fingerprint density at radius 2 is 2.03 bits per heavy atom. The van der Waals surface area contributed by atoms with E-state index in [1.807, 2.05) is 32.6 Å². The summed E-state index contributed by atoms with van der Waals surface area (Å²) in [5.41, 5.74) is 0.524. The summed E-state index contributed by atoms with van der Waals surface area (Å²) in [7, 11) is 0. The van der Waals surface area contributed by atoms with Crippen LogP contribution in [0.5, 0.6) is 0 Å². The highest BCUT2D eigenvalue weighted by molar-refractivity contribution is 6.31. The molecule has 3 rings (SSSR count). The van der Waals surface area contributed by atoms with E-state index in [1.165, 1.54) is 6.07 Å². The molecule has 0 spiro atoms. The van der Waals surface area contributed by atoms with Gasteiger partial charge in [0.2, 0.25) is 0 Å². The summed E-state index contributed by atoms with van der Waals surface area (Å²) >= 11 is 6.14. The highest BCUT2D eigenvalue weighted by Crippen LogP contribution is 2.30. The zero-order valence-corrected chi connectivity index (χ0v) is 18.1. The van der Waals surface area contributed by atoms with Gasteiger partial charge in [-0.2, -0.15) is 4.98 Å². The SMILES string of the molecule is CCOC(=O)c1cc(Cl)cc2nc(N3CCN(C(=O)OC(C)(C)C)C[C@@H]3C)oc12. The lowest BCUT2D eigenvalue weighted by molar-refractivity contribution is 0.0216. The van der Waals surface area contributed by atoms with Crippen molar-refractivity contribution in [1.82, 2.24) is 9.88 Å². The molecule has 2 aromatic rings. The highest BCUT2D eigenvalue weighted by Gasteiger charge is 2.32. The Kier molecular flexibility index (Phi) is 5.93. The fourth-order valence-electron chi connectivity index (χ4n) is 3.20. The first-order valence-electron chi connectivity index (χ1n) is 9.61. The lowest BCUT2D eigenvalue weighted by Gasteiger charge is -2.39. The molecular weight excluding hydrogens is 398 g/mol. The maximum atomic E-state index is 12.3. The molecule has 2 heterocycles. The standard InChI is InChI=1S/C20H26ClN3O5/c1-6-27-17(25)14-9-13(21)10-15-16(14)28-18(22-15)24-8-7-23(11-12(24)2)19(26)29-20(3,4)5/h9-10,12H,6-8,11H2,1-5H3/t12-/m0/s1. The predicted octanol–water partition coefficient (Wildman–Crippen LogP) is 4.10. The molecule has 0 bridgehead atoms. The number of fused-ring (bicyclic) bond motifs is 1. The van der Waals surface area contributed by atoms with Crippen LogP contribution in [0, 0.1) is 0 Å². The lowest BCUT2D eigenvalue weighted by atomic mass is 10.2. The predicted molar refractivity (Wildman–Crippen MR) is 110 cm³/mol. The van der Waals surface area contributed by atoms with Gasteiger partial charge in [0.15, 0.2) is 5.58 Å². The summed E-state index contributed by atoms with van der Waals surface area (Å²) in [4.78, 5) is 32.7. The van der Waals surface area contributed by atoms with Gasteiger partial charge in [0, 0.05) is 30.7 Å². The Morgan fingerprint density at radius 3 is 2.66 bits per heavy atom. The van der Waals surface area contributed by atoms with Crippen molar-refractivity contribution in [2.45, 2.75) is 46.3 Å². The van der Waals surface area contributed by atoms with Gasteiger partial charge in [0.1, 0.15) is 16.7 Å². The van der Waals surface area contributed by atoms with E-state index >= 15 is 0 Å². The van der Waals surface area contributed by atoms with Crippen molar-refractivity contribution in [3.63, 3.8) is 0 Å². The minimum atomic E-state index is -0.541. The van der Waals surface area contributed by atoms with Gasteiger partial charge in [0.25, 0.3) is 6.01 Å². The Balaban J connectivity index is 1.82. The average Bonchev–Trinajstić information content (AvgIpc) is 3.03. The van der Waals surface area contributed by atoms with Gasteiger partial charge in [0.05, 0.1) is 6.61 Å². The molecular formula is C20H26ClN3O5. The third kappa shape index (κ3) is 4.75. The molecule has 0 aliphatic carbocycles. The van der Waals surface area contributed by atoms with E-state index < -0.39 is 11.6 Å². The largest absolute Gasteiger partial charge is 0.462 e. The quantitative estimate of drug-likeness (QED) is 0.687. The molecule has 0 saturated carbocycles. The summed E-state index contributed by atoms with van der Waals surface area (Å²) in [6.45, 7) is 11.0. The van der Waals surface area contributed by atoms with E-state index in [9.17, 15) is 9.59 Å². The Morgan fingerprint density at radius 1 is 1.31 bits per heavy atom. The normalized spacial score (nSPS) is 17.5. The van der Waals surface area contributed by atoms with Crippen molar-refractivity contribution in [3.8, 4) is 0 Å². The van der Waals surface area contributed by atoms with Crippen LogP contribution in [0.1, 0.15) is 45.0 Å². The monoisotopic (exact) mass is 423 g/mol. The number of rotatable bonds is 3. The maximum absolute atomic E-state index is 12.3. The van der Waals surface area contributed by atoms with Crippen LogP contribution in [0.25, 0.3) is 11.1 Å². The van der Waals surface area contributed by atoms with Gasteiger partial charge < -0.3 is 23.7 Å². The lowest BCUT2D eigenvalue weighted by Crippen LogP contribution is -2.54. The number of carbonyl (C=O) groups is 2. The van der Waals surface area contributed by atoms with E-state index in [4.69, 9.17) is 25.5 Å². The summed E-state index contributed by atoms with van der Waals surface area (Å²) < 4.78 is 16.5. The van der Waals surface area contributed by atoms with Crippen LogP contribution in [-0.4, -0.2) is 59.8 Å². The fraction of sp³-hybridized carbons (Fsp3) is 0.550. The van der Waals surface area contributed by atoms with Crippen LogP contribution in [0.4, 0.5) is 10.8 Å². The van der Waals surface area contributed by atoms with E-state index in [1.54, 1.807) is 17.9 Å². The highest BCUT2D eigenvalue weighted by atomic mass is 35.5. The van der Waals surface area contributed by atoms with Crippen molar-refractivity contribution in [3.05, 3.63) is 22.7 Å². The third-order valence-electron chi connectivity index (χ3n) is 4.46. The number of esters is 1. The molecule has 29 heavy (non-hydrogen) atoms. The first-order chi connectivity index (χ1) is 13.6. The molecule has 1 aliphatic heterocycles. The number of nitrogens with zero attached hydrogens (tertiary/aromatic N) is 3. The molecule has 1 saturated heterocycles. The van der Waals surface area contributed by atoms with Crippen molar-refractivity contribution >= 4 is 40.8 Å². The van der Waals surface area contributed by atoms with Gasteiger partial charge in [-0.05, 0) is 46.8 Å². The summed E-state index contributed by atoms with van der Waals surface area (Å²) in [5.74, 6) is -0.509. The summed E-state index contributed by atoms with van der Waals surface area (Å²) in [6.07, 6.45) is -0.335. The molecule has 0 unspecified atom stereocenters. The molecule has 1 aliphatic rings. The smallest absolute Gasteiger partial charge is 0.410 e. The Labute approximate surface area is 174 Å². The second kappa shape index (κ2) is 8.10. The van der Waals surface area contributed by atoms with Crippen LogP contribution in [0.15, 0.2) is 16.5 Å². The van der Waals surface area contributed by atoms with Gasteiger partial charge in [-0.15, -0.1) is 0 Å². The molecule has 1 aromatic carbocycles. The first kappa shape index (κ1) is 21.2. The van der Waals surface area contributed by atoms with Crippen molar-refractivity contribution < 1.29 is 23.5 Å². The first-order valence-corrected chi connectivity index (χ1v) is 9.98. The molecule has 9 heteroatoms. The molecule has 0 radical (unpaired) electrons. The van der Waals surface area contributed by atoms with Gasteiger partial charge in [-0.25, -0.2) is 9.59 Å². The zero-order valence-electron chi connectivity index (χ0n) is 17.3. The molecule has 8 nitrogen and oxygen atoms in total. The number of piperazine rings is 1. The van der Waals surface area contributed by atoms with Crippen LogP contribution in [0.3, 0.4) is 0 Å². The second-order valence-corrected chi connectivity index (χ2v) is 8.42. The number of carbonyl (C=O) groups excluding carboxylic acids is 2. The number of anilines is 1. The molecule has 0 N–H and O–H groups in total. The maximum Gasteiger partial charge on any atom is 0.410 e. The number of benzene rings is 1. The van der Waals surface area contributed by atoms with Crippen molar-refractivity contribution in [1.29, 1.82) is 0 Å². The fourth-order valence-corrected chi connectivity index (χ4v) is 3.42. The van der Waals surface area contributed by atoms with E-state index in [0.29, 0.717) is 41.8 Å². The number of amides is 1. The van der Waals surface area contributed by atoms with Gasteiger partial charge >= 0.3 is 12.1 Å². The molecule has 1 aromatic heterocycles. The average molecular weight is 424 g/mol. The summed E-state index contributed by atoms with van der Waals surface area (Å²) in [5, 5.41) is 0.378. The Bertz CT molecular complexity index is 921. The second-order valence-electron chi connectivity index (χ2n) is 7.99.